The average Bonchev–Trinajstić information content (AvgIpc) is 2.92. The molecular formula is C19H34N2O3. The third-order valence-electron chi connectivity index (χ3n) is 5.80. The minimum absolute atomic E-state index is 0.115. The van der Waals surface area contributed by atoms with Gasteiger partial charge in [-0.1, -0.05) is 6.42 Å². The number of piperidine rings is 1. The molecular weight excluding hydrogens is 304 g/mol. The first-order chi connectivity index (χ1) is 11.3. The molecule has 2 N–H and O–H groups in total. The van der Waals surface area contributed by atoms with Gasteiger partial charge in [0.1, 0.15) is 5.60 Å². The maximum Gasteiger partial charge on any atom is 0.410 e. The number of carbonyl (C=O) groups is 1. The highest BCUT2D eigenvalue weighted by Crippen LogP contribution is 2.37. The predicted molar refractivity (Wildman–Crippen MR) is 93.9 cm³/mol. The van der Waals surface area contributed by atoms with E-state index < -0.39 is 5.60 Å². The largest absolute Gasteiger partial charge is 0.444 e. The van der Waals surface area contributed by atoms with E-state index in [1.807, 2.05) is 25.7 Å². The molecule has 3 atom stereocenters. The Morgan fingerprint density at radius 1 is 1.12 bits per heavy atom. The van der Waals surface area contributed by atoms with Gasteiger partial charge in [-0.25, -0.2) is 4.79 Å². The van der Waals surface area contributed by atoms with Crippen LogP contribution in [0.15, 0.2) is 0 Å². The maximum absolute atomic E-state index is 12.7. The second kappa shape index (κ2) is 7.20. The summed E-state index contributed by atoms with van der Waals surface area (Å²) < 4.78 is 5.66. The lowest BCUT2D eigenvalue weighted by molar-refractivity contribution is -0.00208. The number of hydrogen-bond acceptors (Lipinski definition) is 4. The van der Waals surface area contributed by atoms with Crippen molar-refractivity contribution in [3.63, 3.8) is 0 Å². The van der Waals surface area contributed by atoms with Gasteiger partial charge in [0, 0.05) is 24.7 Å². The van der Waals surface area contributed by atoms with Gasteiger partial charge in [-0.05, 0) is 71.6 Å². The zero-order chi connectivity index (χ0) is 17.3. The van der Waals surface area contributed by atoms with E-state index in [9.17, 15) is 9.90 Å². The number of nitrogens with zero attached hydrogens (tertiary/aromatic N) is 1. The number of nitrogens with one attached hydrogen (secondary N) is 1. The molecule has 1 aliphatic heterocycles. The van der Waals surface area contributed by atoms with E-state index in [1.165, 1.54) is 25.7 Å². The van der Waals surface area contributed by atoms with Crippen LogP contribution in [0.5, 0.6) is 0 Å². The lowest BCUT2D eigenvalue weighted by atomic mass is 9.84. The number of carbonyl (C=O) groups excluding carboxylic acids is 1. The van der Waals surface area contributed by atoms with Gasteiger partial charge in [-0.15, -0.1) is 0 Å². The monoisotopic (exact) mass is 338 g/mol. The number of amides is 1. The summed E-state index contributed by atoms with van der Waals surface area (Å²) in [6.45, 7) is 6.63. The fourth-order valence-corrected chi connectivity index (χ4v) is 4.63. The molecule has 2 saturated carbocycles. The van der Waals surface area contributed by atoms with Crippen LogP contribution in [0.4, 0.5) is 4.79 Å². The van der Waals surface area contributed by atoms with E-state index in [0.29, 0.717) is 24.0 Å². The van der Waals surface area contributed by atoms with E-state index >= 15 is 0 Å². The van der Waals surface area contributed by atoms with Crippen molar-refractivity contribution in [3.05, 3.63) is 0 Å². The molecule has 0 spiro atoms. The normalized spacial score (nSPS) is 37.2. The second-order valence-corrected chi connectivity index (χ2v) is 8.93. The summed E-state index contributed by atoms with van der Waals surface area (Å²) in [6, 6.07) is 1.25. The van der Waals surface area contributed by atoms with Crippen LogP contribution in [0.25, 0.3) is 0 Å². The molecule has 3 rings (SSSR count). The summed E-state index contributed by atoms with van der Waals surface area (Å²) in [5.74, 6) is 0.524. The standard InChI is InChI=1S/C19H34N2O3/c1-19(2,3)24-18(23)21-10-5-4-9-17(21)15-7-6-8-16(15)20-13-11-14(22)12-13/h13-17,20,22H,4-12H2,1-3H3. The van der Waals surface area contributed by atoms with Gasteiger partial charge in [0.05, 0.1) is 6.10 Å². The summed E-state index contributed by atoms with van der Waals surface area (Å²) in [6.07, 6.45) is 8.49. The second-order valence-electron chi connectivity index (χ2n) is 8.93. The van der Waals surface area contributed by atoms with Gasteiger partial charge in [-0.2, -0.15) is 0 Å². The van der Waals surface area contributed by atoms with Crippen LogP contribution >= 0.6 is 0 Å². The quantitative estimate of drug-likeness (QED) is 0.830. The van der Waals surface area contributed by atoms with E-state index in [0.717, 1.165) is 32.2 Å². The number of rotatable bonds is 3. The lowest BCUT2D eigenvalue weighted by Gasteiger charge is -2.43. The van der Waals surface area contributed by atoms with Crippen molar-refractivity contribution in [1.29, 1.82) is 0 Å². The number of likely N-dealkylation sites (tertiary alicyclic amines) is 1. The molecule has 3 aliphatic rings. The molecule has 3 unspecified atom stereocenters. The molecule has 1 saturated heterocycles. The van der Waals surface area contributed by atoms with Gasteiger partial charge in [0.25, 0.3) is 0 Å². The van der Waals surface area contributed by atoms with Crippen LogP contribution in [0.1, 0.15) is 72.1 Å². The molecule has 0 aromatic heterocycles. The van der Waals surface area contributed by atoms with Crippen LogP contribution in [-0.4, -0.2) is 52.5 Å². The smallest absolute Gasteiger partial charge is 0.410 e. The fourth-order valence-electron chi connectivity index (χ4n) is 4.63. The molecule has 0 aromatic rings. The molecule has 0 aromatic carbocycles. The van der Waals surface area contributed by atoms with Crippen molar-refractivity contribution in [2.45, 2.75) is 102 Å². The SMILES string of the molecule is CC(C)(C)OC(=O)N1CCCCC1C1CCCC1NC1CC(O)C1. The minimum Gasteiger partial charge on any atom is -0.444 e. The van der Waals surface area contributed by atoms with Crippen molar-refractivity contribution >= 4 is 6.09 Å². The molecule has 2 aliphatic carbocycles. The summed E-state index contributed by atoms with van der Waals surface area (Å²) >= 11 is 0. The Morgan fingerprint density at radius 2 is 1.88 bits per heavy atom. The van der Waals surface area contributed by atoms with Crippen molar-refractivity contribution in [2.75, 3.05) is 6.54 Å². The first-order valence-electron chi connectivity index (χ1n) is 9.77. The Hall–Kier alpha value is -0.810. The molecule has 1 heterocycles. The Balaban J connectivity index is 1.64. The first kappa shape index (κ1) is 18.0. The van der Waals surface area contributed by atoms with Crippen LogP contribution in [0.2, 0.25) is 0 Å². The minimum atomic E-state index is -0.436. The molecule has 0 bridgehead atoms. The zero-order valence-corrected chi connectivity index (χ0v) is 15.5. The van der Waals surface area contributed by atoms with E-state index in [-0.39, 0.29) is 12.2 Å². The number of aliphatic hydroxyl groups excluding tert-OH is 1. The van der Waals surface area contributed by atoms with E-state index in [2.05, 4.69) is 5.32 Å². The highest BCUT2D eigenvalue weighted by molar-refractivity contribution is 5.68. The molecule has 5 heteroatoms. The Morgan fingerprint density at radius 3 is 2.54 bits per heavy atom. The Labute approximate surface area is 146 Å². The van der Waals surface area contributed by atoms with Gasteiger partial charge in [0.2, 0.25) is 0 Å². The van der Waals surface area contributed by atoms with Crippen LogP contribution in [0.3, 0.4) is 0 Å². The lowest BCUT2D eigenvalue weighted by Crippen LogP contribution is -2.55. The fraction of sp³-hybridized carbons (Fsp3) is 0.947. The summed E-state index contributed by atoms with van der Waals surface area (Å²) in [5, 5.41) is 13.3. The molecule has 24 heavy (non-hydrogen) atoms. The van der Waals surface area contributed by atoms with E-state index in [4.69, 9.17) is 4.74 Å². The van der Waals surface area contributed by atoms with Crippen molar-refractivity contribution in [3.8, 4) is 0 Å². The van der Waals surface area contributed by atoms with Gasteiger partial charge in [0.15, 0.2) is 0 Å². The predicted octanol–water partition coefficient (Wildman–Crippen LogP) is 3.06. The molecule has 138 valence electrons. The zero-order valence-electron chi connectivity index (χ0n) is 15.5. The molecule has 3 fully saturated rings. The molecule has 5 nitrogen and oxygen atoms in total. The highest BCUT2D eigenvalue weighted by atomic mass is 16.6. The Bertz CT molecular complexity index is 442. The van der Waals surface area contributed by atoms with Crippen molar-refractivity contribution in [1.82, 2.24) is 10.2 Å². The number of aliphatic hydroxyl groups is 1. The van der Waals surface area contributed by atoms with E-state index in [1.54, 1.807) is 0 Å². The van der Waals surface area contributed by atoms with Crippen LogP contribution in [0, 0.1) is 5.92 Å². The van der Waals surface area contributed by atoms with Gasteiger partial charge in [-0.3, -0.25) is 0 Å². The third kappa shape index (κ3) is 4.23. The summed E-state index contributed by atoms with van der Waals surface area (Å²) in [7, 11) is 0. The van der Waals surface area contributed by atoms with Crippen LogP contribution < -0.4 is 5.32 Å². The number of ether oxygens (including phenoxy) is 1. The molecule has 1 amide bonds. The Kier molecular flexibility index (Phi) is 5.40. The average molecular weight is 338 g/mol. The summed E-state index contributed by atoms with van der Waals surface area (Å²) in [5.41, 5.74) is -0.436. The van der Waals surface area contributed by atoms with Crippen molar-refractivity contribution in [2.24, 2.45) is 5.92 Å². The number of hydrogen-bond donors (Lipinski definition) is 2. The van der Waals surface area contributed by atoms with Crippen LogP contribution in [-0.2, 0) is 4.74 Å². The first-order valence-corrected chi connectivity index (χ1v) is 9.77. The van der Waals surface area contributed by atoms with Gasteiger partial charge < -0.3 is 20.1 Å². The summed E-state index contributed by atoms with van der Waals surface area (Å²) in [4.78, 5) is 14.7. The van der Waals surface area contributed by atoms with Crippen molar-refractivity contribution < 1.29 is 14.6 Å². The highest BCUT2D eigenvalue weighted by Gasteiger charge is 2.42. The maximum atomic E-state index is 12.7. The third-order valence-corrected chi connectivity index (χ3v) is 5.80. The topological polar surface area (TPSA) is 61.8 Å². The van der Waals surface area contributed by atoms with Gasteiger partial charge >= 0.3 is 6.09 Å². The molecule has 0 radical (unpaired) electrons.